The molecule has 1 aromatic carbocycles. The van der Waals surface area contributed by atoms with Gasteiger partial charge < -0.3 is 10.1 Å². The van der Waals surface area contributed by atoms with Crippen molar-refractivity contribution in [3.8, 4) is 5.75 Å². The first-order valence-electron chi connectivity index (χ1n) is 5.57. The normalized spacial score (nSPS) is 10.1. The predicted molar refractivity (Wildman–Crippen MR) is 71.9 cm³/mol. The number of nitrogens with zero attached hydrogens (tertiary/aromatic N) is 2. The Kier molecular flexibility index (Phi) is 4.36. The van der Waals surface area contributed by atoms with Gasteiger partial charge in [0.05, 0.1) is 18.7 Å². The Morgan fingerprint density at radius 2 is 1.89 bits per heavy atom. The molecule has 0 amide bonds. The van der Waals surface area contributed by atoms with Crippen LogP contribution in [0, 0.1) is 0 Å². The van der Waals surface area contributed by atoms with Crippen molar-refractivity contribution in [2.24, 2.45) is 0 Å². The zero-order chi connectivity index (χ0) is 12.8. The molecule has 5 heteroatoms. The Balaban J connectivity index is 1.93. The average molecular weight is 264 g/mol. The lowest BCUT2D eigenvalue weighted by Crippen LogP contribution is -2.03. The highest BCUT2D eigenvalue weighted by atomic mass is 35.5. The summed E-state index contributed by atoms with van der Waals surface area (Å²) in [5, 5.41) is 11.2. The van der Waals surface area contributed by atoms with E-state index in [4.69, 9.17) is 16.3 Å². The van der Waals surface area contributed by atoms with Crippen molar-refractivity contribution in [1.82, 2.24) is 10.2 Å². The second-order valence-electron chi connectivity index (χ2n) is 3.75. The van der Waals surface area contributed by atoms with Crippen molar-refractivity contribution in [3.63, 3.8) is 0 Å². The van der Waals surface area contributed by atoms with Crippen molar-refractivity contribution >= 4 is 17.4 Å². The molecule has 0 aliphatic rings. The van der Waals surface area contributed by atoms with Crippen LogP contribution in [0.2, 0.25) is 0 Å². The van der Waals surface area contributed by atoms with E-state index in [-0.39, 0.29) is 0 Å². The molecule has 0 spiro atoms. The summed E-state index contributed by atoms with van der Waals surface area (Å²) in [6.07, 6.45) is 0. The summed E-state index contributed by atoms with van der Waals surface area (Å²) in [5.74, 6) is 1.97. The van der Waals surface area contributed by atoms with Crippen LogP contribution in [0.3, 0.4) is 0 Å². The van der Waals surface area contributed by atoms with Gasteiger partial charge in [-0.2, -0.15) is 5.10 Å². The molecule has 0 saturated carbocycles. The van der Waals surface area contributed by atoms with E-state index in [9.17, 15) is 0 Å². The van der Waals surface area contributed by atoms with Crippen LogP contribution >= 0.6 is 11.6 Å². The van der Waals surface area contributed by atoms with Gasteiger partial charge >= 0.3 is 0 Å². The molecule has 0 unspecified atom stereocenters. The second-order valence-corrected chi connectivity index (χ2v) is 4.01. The largest absolute Gasteiger partial charge is 0.497 e. The van der Waals surface area contributed by atoms with Gasteiger partial charge in [0.1, 0.15) is 11.6 Å². The molecule has 0 fully saturated rings. The molecule has 0 saturated heterocycles. The summed E-state index contributed by atoms with van der Waals surface area (Å²) in [5.41, 5.74) is 1.92. The molecule has 0 aliphatic heterocycles. The summed E-state index contributed by atoms with van der Waals surface area (Å²) in [6.45, 7) is 0.693. The van der Waals surface area contributed by atoms with Crippen LogP contribution < -0.4 is 10.1 Å². The fourth-order valence-corrected chi connectivity index (χ4v) is 1.60. The van der Waals surface area contributed by atoms with E-state index < -0.39 is 0 Å². The Labute approximate surface area is 111 Å². The third-order valence-electron chi connectivity index (χ3n) is 2.49. The van der Waals surface area contributed by atoms with Crippen LogP contribution in [0.1, 0.15) is 11.3 Å². The molecule has 18 heavy (non-hydrogen) atoms. The Hall–Kier alpha value is -1.81. The number of benzene rings is 1. The molecular weight excluding hydrogens is 250 g/mol. The highest BCUT2D eigenvalue weighted by Crippen LogP contribution is 2.12. The van der Waals surface area contributed by atoms with Gasteiger partial charge in [0.25, 0.3) is 0 Å². The molecule has 94 valence electrons. The molecule has 0 aliphatic carbocycles. The molecule has 2 rings (SSSR count). The molecule has 4 nitrogen and oxygen atoms in total. The fraction of sp³-hybridized carbons (Fsp3) is 0.231. The molecule has 0 radical (unpaired) electrons. The van der Waals surface area contributed by atoms with E-state index in [0.717, 1.165) is 22.8 Å². The number of rotatable bonds is 5. The first-order valence-corrected chi connectivity index (χ1v) is 6.10. The minimum Gasteiger partial charge on any atom is -0.497 e. The molecule has 0 bridgehead atoms. The molecule has 2 aromatic rings. The second kappa shape index (κ2) is 6.21. The zero-order valence-corrected chi connectivity index (χ0v) is 10.8. The molecule has 0 atom stereocenters. The molecule has 1 N–H and O–H groups in total. The maximum absolute atomic E-state index is 5.65. The number of methoxy groups -OCH3 is 1. The van der Waals surface area contributed by atoms with Gasteiger partial charge in [-0.15, -0.1) is 16.7 Å². The van der Waals surface area contributed by atoms with Crippen LogP contribution in [0.25, 0.3) is 0 Å². The smallest absolute Gasteiger partial charge is 0.148 e. The maximum Gasteiger partial charge on any atom is 0.148 e. The Bertz CT molecular complexity index is 437. The fourth-order valence-electron chi connectivity index (χ4n) is 1.46. The van der Waals surface area contributed by atoms with Crippen LogP contribution in [-0.4, -0.2) is 17.3 Å². The highest BCUT2D eigenvalue weighted by Gasteiger charge is 1.98. The Morgan fingerprint density at radius 1 is 1.11 bits per heavy atom. The predicted octanol–water partition coefficient (Wildman–Crippen LogP) is 2.84. The van der Waals surface area contributed by atoms with E-state index in [2.05, 4.69) is 15.5 Å². The third kappa shape index (κ3) is 3.34. The van der Waals surface area contributed by atoms with Crippen LogP contribution in [0.5, 0.6) is 5.75 Å². The van der Waals surface area contributed by atoms with Crippen molar-refractivity contribution in [2.45, 2.75) is 12.4 Å². The lowest BCUT2D eigenvalue weighted by molar-refractivity contribution is 0.414. The SMILES string of the molecule is COc1ccc(CNc2ccc(CCl)nn2)cc1. The van der Waals surface area contributed by atoms with E-state index >= 15 is 0 Å². The monoisotopic (exact) mass is 263 g/mol. The summed E-state index contributed by atoms with van der Waals surface area (Å²) < 4.78 is 5.10. The number of hydrogen-bond acceptors (Lipinski definition) is 4. The van der Waals surface area contributed by atoms with E-state index in [1.165, 1.54) is 0 Å². The summed E-state index contributed by atoms with van der Waals surface area (Å²) >= 11 is 5.65. The lowest BCUT2D eigenvalue weighted by Gasteiger charge is -2.06. The summed E-state index contributed by atoms with van der Waals surface area (Å²) in [4.78, 5) is 0. The minimum absolute atomic E-state index is 0.381. The number of ether oxygens (including phenoxy) is 1. The number of aromatic nitrogens is 2. The van der Waals surface area contributed by atoms with Crippen molar-refractivity contribution in [1.29, 1.82) is 0 Å². The zero-order valence-electron chi connectivity index (χ0n) is 10.1. The number of alkyl halides is 1. The van der Waals surface area contributed by atoms with Gasteiger partial charge in [0.2, 0.25) is 0 Å². The standard InChI is InChI=1S/C13H14ClN3O/c1-18-12-5-2-10(3-6-12)9-15-13-7-4-11(8-14)16-17-13/h2-7H,8-9H2,1H3,(H,15,17). The van der Waals surface area contributed by atoms with Gasteiger partial charge in [0, 0.05) is 6.54 Å². The van der Waals surface area contributed by atoms with Crippen LogP contribution in [0.4, 0.5) is 5.82 Å². The van der Waals surface area contributed by atoms with E-state index in [1.54, 1.807) is 7.11 Å². The van der Waals surface area contributed by atoms with Gasteiger partial charge in [-0.1, -0.05) is 12.1 Å². The van der Waals surface area contributed by atoms with Gasteiger partial charge in [-0.05, 0) is 29.8 Å². The van der Waals surface area contributed by atoms with Crippen molar-refractivity contribution in [2.75, 3.05) is 12.4 Å². The summed E-state index contributed by atoms with van der Waals surface area (Å²) in [6, 6.07) is 11.6. The van der Waals surface area contributed by atoms with E-state index in [1.807, 2.05) is 36.4 Å². The van der Waals surface area contributed by atoms with Crippen molar-refractivity contribution in [3.05, 3.63) is 47.7 Å². The van der Waals surface area contributed by atoms with Gasteiger partial charge in [-0.25, -0.2) is 0 Å². The number of anilines is 1. The maximum atomic E-state index is 5.65. The van der Waals surface area contributed by atoms with Crippen LogP contribution in [0.15, 0.2) is 36.4 Å². The van der Waals surface area contributed by atoms with Crippen LogP contribution in [-0.2, 0) is 12.4 Å². The van der Waals surface area contributed by atoms with Crippen molar-refractivity contribution < 1.29 is 4.74 Å². The van der Waals surface area contributed by atoms with E-state index in [0.29, 0.717) is 12.4 Å². The minimum atomic E-state index is 0.381. The van der Waals surface area contributed by atoms with Gasteiger partial charge in [-0.3, -0.25) is 0 Å². The summed E-state index contributed by atoms with van der Waals surface area (Å²) in [7, 11) is 1.65. The molecular formula is C13H14ClN3O. The first kappa shape index (κ1) is 12.6. The molecule has 1 aromatic heterocycles. The lowest BCUT2D eigenvalue weighted by atomic mass is 10.2. The quantitative estimate of drug-likeness (QED) is 0.843. The number of hydrogen-bond donors (Lipinski definition) is 1. The van der Waals surface area contributed by atoms with Gasteiger partial charge in [0.15, 0.2) is 0 Å². The number of nitrogens with one attached hydrogen (secondary N) is 1. The molecule has 1 heterocycles. The first-order chi connectivity index (χ1) is 8.81. The third-order valence-corrected chi connectivity index (χ3v) is 2.76. The highest BCUT2D eigenvalue weighted by molar-refractivity contribution is 6.16. The average Bonchev–Trinajstić information content (AvgIpc) is 2.46. The Morgan fingerprint density at radius 3 is 2.44 bits per heavy atom. The topological polar surface area (TPSA) is 47.0 Å². The number of halogens is 1.